The molecule has 140 valence electrons. The summed E-state index contributed by atoms with van der Waals surface area (Å²) in [5.41, 5.74) is 1.57. The lowest BCUT2D eigenvalue weighted by Gasteiger charge is -2.15. The van der Waals surface area contributed by atoms with E-state index < -0.39 is 0 Å². The predicted molar refractivity (Wildman–Crippen MR) is 105 cm³/mol. The summed E-state index contributed by atoms with van der Waals surface area (Å²) in [6.07, 6.45) is 0.812. The van der Waals surface area contributed by atoms with Gasteiger partial charge in [-0.3, -0.25) is 4.79 Å². The largest absolute Gasteiger partial charge is 0.493 e. The van der Waals surface area contributed by atoms with Crippen LogP contribution in [-0.2, 0) is 11.2 Å². The summed E-state index contributed by atoms with van der Waals surface area (Å²) < 4.78 is 10.6. The van der Waals surface area contributed by atoms with Crippen LogP contribution in [0.4, 0.5) is 5.69 Å². The Morgan fingerprint density at radius 2 is 1.73 bits per heavy atom. The second kappa shape index (κ2) is 9.67. The molecule has 0 fully saturated rings. The first-order chi connectivity index (χ1) is 12.4. The van der Waals surface area contributed by atoms with Crippen LogP contribution < -0.4 is 19.7 Å². The Labute approximate surface area is 163 Å². The minimum atomic E-state index is -0.134. The summed E-state index contributed by atoms with van der Waals surface area (Å²) in [5.74, 6) is 1.27. The van der Waals surface area contributed by atoms with Gasteiger partial charge in [0.1, 0.15) is 0 Å². The Hall–Kier alpha value is -1.95. The van der Waals surface area contributed by atoms with E-state index in [4.69, 9.17) is 32.7 Å². The van der Waals surface area contributed by atoms with E-state index in [0.29, 0.717) is 33.8 Å². The molecule has 1 atom stereocenters. The molecule has 2 aromatic rings. The van der Waals surface area contributed by atoms with E-state index in [-0.39, 0.29) is 5.91 Å². The van der Waals surface area contributed by atoms with Crippen molar-refractivity contribution in [1.82, 2.24) is 0 Å². The number of hydrogen-bond donors (Lipinski definition) is 2. The normalized spacial score (nSPS) is 11.7. The van der Waals surface area contributed by atoms with Crippen LogP contribution in [0.3, 0.4) is 0 Å². The molecule has 0 aliphatic heterocycles. The van der Waals surface area contributed by atoms with Crippen molar-refractivity contribution in [2.45, 2.75) is 6.42 Å². The smallest absolute Gasteiger partial charge is 0.279 e. The van der Waals surface area contributed by atoms with Gasteiger partial charge in [0.2, 0.25) is 0 Å². The zero-order valence-electron chi connectivity index (χ0n) is 15.1. The van der Waals surface area contributed by atoms with Crippen molar-refractivity contribution in [2.24, 2.45) is 0 Å². The van der Waals surface area contributed by atoms with Crippen LogP contribution >= 0.6 is 23.2 Å². The lowest BCUT2D eigenvalue weighted by Crippen LogP contribution is -3.10. The van der Waals surface area contributed by atoms with Crippen LogP contribution in [0, 0.1) is 0 Å². The van der Waals surface area contributed by atoms with Crippen LogP contribution in [0.5, 0.6) is 11.5 Å². The van der Waals surface area contributed by atoms with Gasteiger partial charge in [0.25, 0.3) is 5.91 Å². The monoisotopic (exact) mass is 397 g/mol. The maximum atomic E-state index is 12.2. The molecule has 2 aromatic carbocycles. The van der Waals surface area contributed by atoms with Crippen LogP contribution in [-0.4, -0.2) is 40.3 Å². The highest BCUT2D eigenvalue weighted by molar-refractivity contribution is 6.39. The van der Waals surface area contributed by atoms with Gasteiger partial charge in [-0.05, 0) is 29.8 Å². The Balaban J connectivity index is 1.88. The molecule has 1 amide bonds. The molecule has 0 aromatic heterocycles. The van der Waals surface area contributed by atoms with Gasteiger partial charge < -0.3 is 19.7 Å². The minimum Gasteiger partial charge on any atom is -0.493 e. The second-order valence-corrected chi connectivity index (χ2v) is 6.78. The minimum absolute atomic E-state index is 0.134. The maximum absolute atomic E-state index is 12.2. The number of anilines is 1. The van der Waals surface area contributed by atoms with E-state index in [1.165, 1.54) is 0 Å². The van der Waals surface area contributed by atoms with Crippen LogP contribution in [0.15, 0.2) is 36.4 Å². The number of amides is 1. The third kappa shape index (κ3) is 5.53. The SMILES string of the molecule is COc1ccc(CC[NH+](C)CC(=O)Nc2c(Cl)cccc2Cl)cc1OC. The van der Waals surface area contributed by atoms with Gasteiger partial charge in [0, 0.05) is 6.42 Å². The number of quaternary nitrogens is 1. The number of para-hydroxylation sites is 1. The number of methoxy groups -OCH3 is 2. The summed E-state index contributed by atoms with van der Waals surface area (Å²) in [5, 5.41) is 3.63. The van der Waals surface area contributed by atoms with E-state index in [2.05, 4.69) is 5.32 Å². The summed E-state index contributed by atoms with van der Waals surface area (Å²) in [6.45, 7) is 1.11. The number of carbonyl (C=O) groups excluding carboxylic acids is 1. The first-order valence-electron chi connectivity index (χ1n) is 8.20. The number of halogens is 2. The highest BCUT2D eigenvalue weighted by Gasteiger charge is 2.14. The molecule has 26 heavy (non-hydrogen) atoms. The third-order valence-corrected chi connectivity index (χ3v) is 4.61. The zero-order valence-corrected chi connectivity index (χ0v) is 16.6. The molecule has 7 heteroatoms. The maximum Gasteiger partial charge on any atom is 0.279 e. The molecule has 0 radical (unpaired) electrons. The highest BCUT2D eigenvalue weighted by Crippen LogP contribution is 2.29. The van der Waals surface area contributed by atoms with Gasteiger partial charge in [-0.15, -0.1) is 0 Å². The van der Waals surface area contributed by atoms with Gasteiger partial charge in [-0.1, -0.05) is 35.3 Å². The Kier molecular flexibility index (Phi) is 7.57. The molecule has 5 nitrogen and oxygen atoms in total. The molecule has 0 saturated carbocycles. The molecule has 0 bridgehead atoms. The Morgan fingerprint density at radius 3 is 2.35 bits per heavy atom. The van der Waals surface area contributed by atoms with Crippen molar-refractivity contribution in [1.29, 1.82) is 0 Å². The van der Waals surface area contributed by atoms with Gasteiger partial charge in [0.05, 0.1) is 43.5 Å². The quantitative estimate of drug-likeness (QED) is 0.719. The summed E-state index contributed by atoms with van der Waals surface area (Å²) in [4.78, 5) is 13.3. The molecule has 0 heterocycles. The van der Waals surface area contributed by atoms with E-state index in [1.54, 1.807) is 32.4 Å². The van der Waals surface area contributed by atoms with Crippen molar-refractivity contribution in [3.8, 4) is 11.5 Å². The highest BCUT2D eigenvalue weighted by atomic mass is 35.5. The molecule has 2 rings (SSSR count). The van der Waals surface area contributed by atoms with Crippen molar-refractivity contribution in [3.05, 3.63) is 52.0 Å². The Bertz CT molecular complexity index is 748. The number of carbonyl (C=O) groups is 1. The van der Waals surface area contributed by atoms with Crippen LogP contribution in [0.2, 0.25) is 10.0 Å². The number of nitrogens with one attached hydrogen (secondary N) is 2. The molecular formula is C19H23Cl2N2O3+. The van der Waals surface area contributed by atoms with Crippen molar-refractivity contribution in [2.75, 3.05) is 39.7 Å². The van der Waals surface area contributed by atoms with Gasteiger partial charge >= 0.3 is 0 Å². The van der Waals surface area contributed by atoms with E-state index >= 15 is 0 Å². The fourth-order valence-corrected chi connectivity index (χ4v) is 3.05. The molecular weight excluding hydrogens is 375 g/mol. The molecule has 0 saturated heterocycles. The predicted octanol–water partition coefficient (Wildman–Crippen LogP) is 2.71. The van der Waals surface area contributed by atoms with Crippen molar-refractivity contribution in [3.63, 3.8) is 0 Å². The van der Waals surface area contributed by atoms with E-state index in [0.717, 1.165) is 23.4 Å². The molecule has 0 spiro atoms. The fourth-order valence-electron chi connectivity index (χ4n) is 2.56. The first-order valence-corrected chi connectivity index (χ1v) is 8.96. The number of benzene rings is 2. The zero-order chi connectivity index (χ0) is 19.1. The summed E-state index contributed by atoms with van der Waals surface area (Å²) in [7, 11) is 5.19. The molecule has 1 unspecified atom stereocenters. The lowest BCUT2D eigenvalue weighted by atomic mass is 10.1. The van der Waals surface area contributed by atoms with Gasteiger partial charge in [-0.25, -0.2) is 0 Å². The summed E-state index contributed by atoms with van der Waals surface area (Å²) in [6, 6.07) is 11.0. The van der Waals surface area contributed by atoms with Crippen molar-refractivity contribution >= 4 is 34.8 Å². The van der Waals surface area contributed by atoms with Crippen molar-refractivity contribution < 1.29 is 19.2 Å². The summed E-state index contributed by atoms with van der Waals surface area (Å²) >= 11 is 12.2. The number of hydrogen-bond acceptors (Lipinski definition) is 3. The standard InChI is InChI=1S/C19H22Cl2N2O3/c1-23(10-9-13-7-8-16(25-2)17(11-13)26-3)12-18(24)22-19-14(20)5-4-6-15(19)21/h4-8,11H,9-10,12H2,1-3H3,(H,22,24)/p+1. The molecule has 0 aliphatic rings. The van der Waals surface area contributed by atoms with E-state index in [1.807, 2.05) is 25.2 Å². The van der Waals surface area contributed by atoms with Gasteiger partial charge in [-0.2, -0.15) is 0 Å². The Morgan fingerprint density at radius 1 is 1.08 bits per heavy atom. The first kappa shape index (κ1) is 20.4. The van der Waals surface area contributed by atoms with Gasteiger partial charge in [0.15, 0.2) is 18.0 Å². The number of ether oxygens (including phenoxy) is 2. The molecule has 2 N–H and O–H groups in total. The third-order valence-electron chi connectivity index (χ3n) is 3.98. The average Bonchev–Trinajstić information content (AvgIpc) is 2.62. The lowest BCUT2D eigenvalue weighted by molar-refractivity contribution is -0.870. The fraction of sp³-hybridized carbons (Fsp3) is 0.316. The van der Waals surface area contributed by atoms with Crippen LogP contribution in [0.1, 0.15) is 5.56 Å². The number of rotatable bonds is 8. The molecule has 0 aliphatic carbocycles. The van der Waals surface area contributed by atoms with E-state index in [9.17, 15) is 4.79 Å². The number of likely N-dealkylation sites (N-methyl/N-ethyl adjacent to an activating group) is 1. The topological polar surface area (TPSA) is 52.0 Å². The van der Waals surface area contributed by atoms with Crippen LogP contribution in [0.25, 0.3) is 0 Å². The average molecular weight is 398 g/mol. The second-order valence-electron chi connectivity index (χ2n) is 5.97.